The average molecular weight is 206 g/mol. The van der Waals surface area contributed by atoms with Gasteiger partial charge in [0, 0.05) is 19.7 Å². The van der Waals surface area contributed by atoms with E-state index in [2.05, 4.69) is 5.10 Å². The topological polar surface area (TPSA) is 34.9 Å². The second kappa shape index (κ2) is 4.60. The molecule has 1 aromatic heterocycles. The van der Waals surface area contributed by atoms with Crippen LogP contribution >= 0.6 is 0 Å². The van der Waals surface area contributed by atoms with Gasteiger partial charge in [0.15, 0.2) is 5.78 Å². The number of hydrogen-bond acceptors (Lipinski definition) is 2. The third-order valence-electron chi connectivity index (χ3n) is 3.25. The lowest BCUT2D eigenvalue weighted by Crippen LogP contribution is -2.04. The molecule has 0 unspecified atom stereocenters. The van der Waals surface area contributed by atoms with Crippen molar-refractivity contribution in [3.63, 3.8) is 0 Å². The quantitative estimate of drug-likeness (QED) is 0.710. The van der Waals surface area contributed by atoms with Crippen LogP contribution in [0, 0.1) is 5.92 Å². The van der Waals surface area contributed by atoms with Gasteiger partial charge in [-0.15, -0.1) is 0 Å². The summed E-state index contributed by atoms with van der Waals surface area (Å²) >= 11 is 0. The Bertz CT molecular complexity index is 337. The molecule has 82 valence electrons. The Balaban J connectivity index is 1.81. The maximum Gasteiger partial charge on any atom is 0.183 e. The van der Waals surface area contributed by atoms with Gasteiger partial charge in [0.05, 0.1) is 0 Å². The van der Waals surface area contributed by atoms with Crippen LogP contribution in [-0.4, -0.2) is 15.6 Å². The fourth-order valence-corrected chi connectivity index (χ4v) is 2.33. The summed E-state index contributed by atoms with van der Waals surface area (Å²) in [6.45, 7) is 0. The highest BCUT2D eigenvalue weighted by Gasteiger charge is 2.17. The SMILES string of the molecule is Cn1ccc(C(=O)CCC2CCCC2)n1. The molecule has 0 bridgehead atoms. The van der Waals surface area contributed by atoms with Crippen molar-refractivity contribution >= 4 is 5.78 Å². The van der Waals surface area contributed by atoms with E-state index >= 15 is 0 Å². The molecule has 0 radical (unpaired) electrons. The molecule has 0 amide bonds. The minimum atomic E-state index is 0.197. The molecular weight excluding hydrogens is 188 g/mol. The molecule has 3 nitrogen and oxygen atoms in total. The zero-order chi connectivity index (χ0) is 10.7. The van der Waals surface area contributed by atoms with Crippen molar-refractivity contribution in [1.29, 1.82) is 0 Å². The van der Waals surface area contributed by atoms with Crippen molar-refractivity contribution in [2.24, 2.45) is 13.0 Å². The lowest BCUT2D eigenvalue weighted by atomic mass is 9.99. The van der Waals surface area contributed by atoms with E-state index in [9.17, 15) is 4.79 Å². The summed E-state index contributed by atoms with van der Waals surface area (Å²) < 4.78 is 1.68. The molecule has 1 saturated carbocycles. The highest BCUT2D eigenvalue weighted by molar-refractivity contribution is 5.94. The molecule has 1 fully saturated rings. The Hall–Kier alpha value is -1.12. The second-order valence-corrected chi connectivity index (χ2v) is 4.49. The smallest absolute Gasteiger partial charge is 0.183 e. The molecule has 0 N–H and O–H groups in total. The average Bonchev–Trinajstić information content (AvgIpc) is 2.84. The van der Waals surface area contributed by atoms with Gasteiger partial charge in [0.25, 0.3) is 0 Å². The van der Waals surface area contributed by atoms with Crippen LogP contribution in [0.5, 0.6) is 0 Å². The molecule has 0 atom stereocenters. The van der Waals surface area contributed by atoms with Gasteiger partial charge in [-0.3, -0.25) is 9.48 Å². The largest absolute Gasteiger partial charge is 0.292 e. The minimum Gasteiger partial charge on any atom is -0.292 e. The fraction of sp³-hybridized carbons (Fsp3) is 0.667. The molecule has 0 saturated heterocycles. The minimum absolute atomic E-state index is 0.197. The van der Waals surface area contributed by atoms with Gasteiger partial charge in [0.2, 0.25) is 0 Å². The third-order valence-corrected chi connectivity index (χ3v) is 3.25. The van der Waals surface area contributed by atoms with Crippen LogP contribution in [0.25, 0.3) is 0 Å². The lowest BCUT2D eigenvalue weighted by molar-refractivity contribution is 0.0968. The van der Waals surface area contributed by atoms with Crippen molar-refractivity contribution in [2.45, 2.75) is 38.5 Å². The Kier molecular flexibility index (Phi) is 3.19. The van der Waals surface area contributed by atoms with Crippen molar-refractivity contribution in [3.05, 3.63) is 18.0 Å². The Labute approximate surface area is 90.5 Å². The van der Waals surface area contributed by atoms with Crippen LogP contribution in [0.4, 0.5) is 0 Å². The standard InChI is InChI=1S/C12H18N2O/c1-14-9-8-11(13-14)12(15)7-6-10-4-2-3-5-10/h8-10H,2-7H2,1H3. The molecule has 0 spiro atoms. The first-order valence-corrected chi connectivity index (χ1v) is 5.78. The first kappa shape index (κ1) is 10.4. The molecule has 1 aromatic rings. The van der Waals surface area contributed by atoms with Gasteiger partial charge in [-0.05, 0) is 18.4 Å². The summed E-state index contributed by atoms with van der Waals surface area (Å²) in [6, 6.07) is 1.80. The zero-order valence-electron chi connectivity index (χ0n) is 9.28. The summed E-state index contributed by atoms with van der Waals surface area (Å²) in [5.41, 5.74) is 0.621. The van der Waals surface area contributed by atoms with E-state index in [1.54, 1.807) is 10.7 Å². The second-order valence-electron chi connectivity index (χ2n) is 4.49. The molecule has 1 aliphatic rings. The van der Waals surface area contributed by atoms with E-state index in [1.807, 2.05) is 13.2 Å². The van der Waals surface area contributed by atoms with E-state index in [0.29, 0.717) is 12.1 Å². The van der Waals surface area contributed by atoms with Gasteiger partial charge >= 0.3 is 0 Å². The Morgan fingerprint density at radius 3 is 2.87 bits per heavy atom. The molecular formula is C12H18N2O. The normalized spacial score (nSPS) is 17.1. The van der Waals surface area contributed by atoms with E-state index < -0.39 is 0 Å². The monoisotopic (exact) mass is 206 g/mol. The molecule has 3 heteroatoms. The number of ketones is 1. The van der Waals surface area contributed by atoms with E-state index in [0.717, 1.165) is 12.3 Å². The first-order valence-electron chi connectivity index (χ1n) is 5.78. The number of hydrogen-bond donors (Lipinski definition) is 0. The number of aryl methyl sites for hydroxylation is 1. The zero-order valence-corrected chi connectivity index (χ0v) is 9.28. The van der Waals surface area contributed by atoms with Crippen LogP contribution < -0.4 is 0 Å². The summed E-state index contributed by atoms with van der Waals surface area (Å²) in [4.78, 5) is 11.7. The van der Waals surface area contributed by atoms with E-state index in [-0.39, 0.29) is 5.78 Å². The molecule has 0 aliphatic heterocycles. The van der Waals surface area contributed by atoms with Crippen LogP contribution in [0.2, 0.25) is 0 Å². The maximum atomic E-state index is 11.7. The third kappa shape index (κ3) is 2.67. The predicted molar refractivity (Wildman–Crippen MR) is 58.7 cm³/mol. The van der Waals surface area contributed by atoms with Gasteiger partial charge in [0.1, 0.15) is 5.69 Å². The molecule has 2 rings (SSSR count). The molecule has 1 heterocycles. The van der Waals surface area contributed by atoms with E-state index in [4.69, 9.17) is 0 Å². The van der Waals surface area contributed by atoms with E-state index in [1.165, 1.54) is 25.7 Å². The van der Waals surface area contributed by atoms with Gasteiger partial charge in [-0.1, -0.05) is 25.7 Å². The fourth-order valence-electron chi connectivity index (χ4n) is 2.33. The van der Waals surface area contributed by atoms with Crippen LogP contribution in [0.3, 0.4) is 0 Å². The first-order chi connectivity index (χ1) is 7.25. The highest BCUT2D eigenvalue weighted by atomic mass is 16.1. The maximum absolute atomic E-state index is 11.7. The van der Waals surface area contributed by atoms with Gasteiger partial charge < -0.3 is 0 Å². The van der Waals surface area contributed by atoms with Crippen molar-refractivity contribution in [1.82, 2.24) is 9.78 Å². The number of carbonyl (C=O) groups excluding carboxylic acids is 1. The number of nitrogens with zero attached hydrogens (tertiary/aromatic N) is 2. The highest BCUT2D eigenvalue weighted by Crippen LogP contribution is 2.28. The van der Waals surface area contributed by atoms with Crippen molar-refractivity contribution in [3.8, 4) is 0 Å². The van der Waals surface area contributed by atoms with Crippen molar-refractivity contribution in [2.75, 3.05) is 0 Å². The van der Waals surface area contributed by atoms with Crippen LogP contribution in [0.1, 0.15) is 49.0 Å². The number of rotatable bonds is 4. The Morgan fingerprint density at radius 1 is 1.53 bits per heavy atom. The van der Waals surface area contributed by atoms with Crippen molar-refractivity contribution < 1.29 is 4.79 Å². The van der Waals surface area contributed by atoms with Crippen LogP contribution in [-0.2, 0) is 7.05 Å². The number of aromatic nitrogens is 2. The van der Waals surface area contributed by atoms with Crippen LogP contribution in [0.15, 0.2) is 12.3 Å². The summed E-state index contributed by atoms with van der Waals surface area (Å²) in [5.74, 6) is 0.986. The molecule has 1 aliphatic carbocycles. The molecule has 15 heavy (non-hydrogen) atoms. The predicted octanol–water partition coefficient (Wildman–Crippen LogP) is 2.57. The lowest BCUT2D eigenvalue weighted by Gasteiger charge is -2.06. The Morgan fingerprint density at radius 2 is 2.27 bits per heavy atom. The van der Waals surface area contributed by atoms with Gasteiger partial charge in [-0.25, -0.2) is 0 Å². The summed E-state index contributed by atoms with van der Waals surface area (Å²) in [7, 11) is 1.84. The molecule has 0 aromatic carbocycles. The number of carbonyl (C=O) groups is 1. The van der Waals surface area contributed by atoms with Gasteiger partial charge in [-0.2, -0.15) is 5.10 Å². The summed E-state index contributed by atoms with van der Waals surface area (Å²) in [5, 5.41) is 4.12. The summed E-state index contributed by atoms with van der Waals surface area (Å²) in [6.07, 6.45) is 8.87. The number of Topliss-reactive ketones (excluding diaryl/α,β-unsaturated/α-hetero) is 1.